The molecule has 1 aromatic carbocycles. The molecular weight excluding hydrogens is 333 g/mol. The van der Waals surface area contributed by atoms with E-state index in [4.69, 9.17) is 12.2 Å². The van der Waals surface area contributed by atoms with Gasteiger partial charge in [-0.15, -0.1) is 0 Å². The van der Waals surface area contributed by atoms with E-state index in [1.807, 2.05) is 13.8 Å². The van der Waals surface area contributed by atoms with Crippen molar-refractivity contribution in [1.82, 2.24) is 10.2 Å². The Bertz CT molecular complexity index is 778. The first kappa shape index (κ1) is 16.5. The number of fused-ring (bicyclic) bond motifs is 1. The second kappa shape index (κ2) is 5.94. The van der Waals surface area contributed by atoms with Crippen LogP contribution in [0.25, 0.3) is 0 Å². The van der Waals surface area contributed by atoms with Crippen molar-refractivity contribution >= 4 is 40.6 Å². The Labute approximate surface area is 143 Å². The molecule has 2 heterocycles. The maximum Gasteiger partial charge on any atom is 0.265 e. The topological polar surface area (TPSA) is 78.5 Å². The lowest BCUT2D eigenvalue weighted by Gasteiger charge is -2.29. The van der Waals surface area contributed by atoms with Crippen LogP contribution in [0.5, 0.6) is 0 Å². The quantitative estimate of drug-likeness (QED) is 0.643. The number of imide groups is 1. The lowest BCUT2D eigenvalue weighted by Crippen LogP contribution is -2.53. The zero-order chi connectivity index (χ0) is 17.6. The number of benzene rings is 1. The number of thiocarbonyl (C=S) groups is 1. The SMILES string of the molecule is CC(C)Nc1ccc(F)c2c1C(=O)N(C1CCC(=S)NC1=O)C2=O. The van der Waals surface area contributed by atoms with Gasteiger partial charge in [0.1, 0.15) is 11.9 Å². The van der Waals surface area contributed by atoms with Gasteiger partial charge in [-0.1, -0.05) is 12.2 Å². The fraction of sp³-hybridized carbons (Fsp3) is 0.375. The molecule has 2 aliphatic rings. The van der Waals surface area contributed by atoms with E-state index in [1.54, 1.807) is 0 Å². The molecule has 0 aromatic heterocycles. The van der Waals surface area contributed by atoms with Gasteiger partial charge in [-0.3, -0.25) is 19.3 Å². The van der Waals surface area contributed by atoms with Crippen molar-refractivity contribution in [2.75, 3.05) is 5.32 Å². The molecule has 0 bridgehead atoms. The standard InChI is InChI=1S/C16H16FN3O3S/c1-7(2)18-9-4-3-8(17)12-13(9)16(23)20(15(12)22)10-5-6-11(24)19-14(10)21/h3-4,7,10,18H,5-6H2,1-2H3,(H,19,21,24). The summed E-state index contributed by atoms with van der Waals surface area (Å²) in [5.41, 5.74) is 0.0789. The van der Waals surface area contributed by atoms with Crippen LogP contribution in [0.1, 0.15) is 47.4 Å². The maximum atomic E-state index is 14.2. The van der Waals surface area contributed by atoms with Crippen LogP contribution >= 0.6 is 12.2 Å². The number of hydrogen-bond donors (Lipinski definition) is 2. The van der Waals surface area contributed by atoms with E-state index in [0.717, 1.165) is 11.0 Å². The van der Waals surface area contributed by atoms with Crippen molar-refractivity contribution in [1.29, 1.82) is 0 Å². The Hall–Kier alpha value is -2.35. The van der Waals surface area contributed by atoms with E-state index in [1.165, 1.54) is 6.07 Å². The molecule has 24 heavy (non-hydrogen) atoms. The van der Waals surface area contributed by atoms with Gasteiger partial charge in [0.25, 0.3) is 11.8 Å². The van der Waals surface area contributed by atoms with Crippen LogP contribution in [-0.4, -0.2) is 39.7 Å². The molecule has 2 aliphatic heterocycles. The van der Waals surface area contributed by atoms with Crippen molar-refractivity contribution < 1.29 is 18.8 Å². The zero-order valence-corrected chi connectivity index (χ0v) is 14.0. The summed E-state index contributed by atoms with van der Waals surface area (Å²) in [7, 11) is 0. The van der Waals surface area contributed by atoms with Crippen LogP contribution in [0.3, 0.4) is 0 Å². The number of piperidine rings is 1. The number of carbonyl (C=O) groups excluding carboxylic acids is 3. The first-order chi connectivity index (χ1) is 11.3. The molecule has 0 radical (unpaired) electrons. The normalized spacial score (nSPS) is 20.5. The zero-order valence-electron chi connectivity index (χ0n) is 13.2. The Morgan fingerprint density at radius 1 is 1.25 bits per heavy atom. The minimum absolute atomic E-state index is 0.00753. The van der Waals surface area contributed by atoms with Gasteiger partial charge in [-0.2, -0.15) is 0 Å². The first-order valence-corrected chi connectivity index (χ1v) is 8.02. The second-order valence-corrected chi connectivity index (χ2v) is 6.58. The third-order valence-electron chi connectivity index (χ3n) is 3.99. The van der Waals surface area contributed by atoms with E-state index in [2.05, 4.69) is 10.6 Å². The summed E-state index contributed by atoms with van der Waals surface area (Å²) in [4.78, 5) is 38.7. The number of halogens is 1. The number of anilines is 1. The Balaban J connectivity index is 2.03. The summed E-state index contributed by atoms with van der Waals surface area (Å²) < 4.78 is 14.2. The summed E-state index contributed by atoms with van der Waals surface area (Å²) in [5.74, 6) is -2.73. The number of nitrogens with one attached hydrogen (secondary N) is 2. The average Bonchev–Trinajstić information content (AvgIpc) is 2.75. The lowest BCUT2D eigenvalue weighted by atomic mass is 10.1. The Morgan fingerprint density at radius 2 is 1.92 bits per heavy atom. The number of hydrogen-bond acceptors (Lipinski definition) is 5. The van der Waals surface area contributed by atoms with E-state index >= 15 is 0 Å². The molecule has 6 nitrogen and oxygen atoms in total. The maximum absolute atomic E-state index is 14.2. The fourth-order valence-corrected chi connectivity index (χ4v) is 3.20. The highest BCUT2D eigenvalue weighted by Gasteiger charge is 2.46. The molecule has 1 unspecified atom stereocenters. The number of nitrogens with zero attached hydrogens (tertiary/aromatic N) is 1. The average molecular weight is 349 g/mol. The molecule has 0 saturated carbocycles. The van der Waals surface area contributed by atoms with Gasteiger partial charge in [0, 0.05) is 18.2 Å². The van der Waals surface area contributed by atoms with Crippen molar-refractivity contribution in [3.63, 3.8) is 0 Å². The van der Waals surface area contributed by atoms with Crippen LogP contribution in [0, 0.1) is 5.82 Å². The summed E-state index contributed by atoms with van der Waals surface area (Å²) in [6, 6.07) is 1.59. The number of rotatable bonds is 3. The van der Waals surface area contributed by atoms with Gasteiger partial charge in [-0.05, 0) is 32.4 Å². The highest BCUT2D eigenvalue weighted by Crippen LogP contribution is 2.34. The predicted molar refractivity (Wildman–Crippen MR) is 89.4 cm³/mol. The summed E-state index contributed by atoms with van der Waals surface area (Å²) in [6.45, 7) is 3.73. The smallest absolute Gasteiger partial charge is 0.265 e. The van der Waals surface area contributed by atoms with Gasteiger partial charge in [-0.25, -0.2) is 4.39 Å². The minimum atomic E-state index is -0.976. The van der Waals surface area contributed by atoms with Crippen molar-refractivity contribution in [3.05, 3.63) is 29.1 Å². The predicted octanol–water partition coefficient (Wildman–Crippen LogP) is 1.85. The minimum Gasteiger partial charge on any atom is -0.382 e. The number of amides is 3. The van der Waals surface area contributed by atoms with E-state index in [9.17, 15) is 18.8 Å². The van der Waals surface area contributed by atoms with E-state index < -0.39 is 29.6 Å². The fourth-order valence-electron chi connectivity index (χ4n) is 2.98. The summed E-state index contributed by atoms with van der Waals surface area (Å²) >= 11 is 4.94. The Kier molecular flexibility index (Phi) is 4.08. The molecule has 2 N–H and O–H groups in total. The molecule has 3 rings (SSSR count). The summed E-state index contributed by atoms with van der Waals surface area (Å²) in [6.07, 6.45) is 0.628. The molecule has 126 valence electrons. The van der Waals surface area contributed by atoms with Crippen LogP contribution in [-0.2, 0) is 4.79 Å². The van der Waals surface area contributed by atoms with Gasteiger partial charge in [0.15, 0.2) is 0 Å². The van der Waals surface area contributed by atoms with Crippen molar-refractivity contribution in [2.45, 2.75) is 38.8 Å². The molecular formula is C16H16FN3O3S. The molecule has 0 aliphatic carbocycles. The first-order valence-electron chi connectivity index (χ1n) is 7.62. The monoisotopic (exact) mass is 349 g/mol. The lowest BCUT2D eigenvalue weighted by molar-refractivity contribution is -0.124. The molecule has 1 aromatic rings. The van der Waals surface area contributed by atoms with E-state index in [0.29, 0.717) is 17.1 Å². The molecule has 0 spiro atoms. The highest BCUT2D eigenvalue weighted by molar-refractivity contribution is 7.80. The van der Waals surface area contributed by atoms with Crippen molar-refractivity contribution in [3.8, 4) is 0 Å². The van der Waals surface area contributed by atoms with E-state index in [-0.39, 0.29) is 23.6 Å². The highest BCUT2D eigenvalue weighted by atomic mass is 32.1. The largest absolute Gasteiger partial charge is 0.382 e. The van der Waals surface area contributed by atoms with Gasteiger partial charge >= 0.3 is 0 Å². The Morgan fingerprint density at radius 3 is 2.54 bits per heavy atom. The van der Waals surface area contributed by atoms with Crippen LogP contribution < -0.4 is 10.6 Å². The van der Waals surface area contributed by atoms with Gasteiger partial charge in [0.2, 0.25) is 5.91 Å². The van der Waals surface area contributed by atoms with Crippen LogP contribution in [0.15, 0.2) is 12.1 Å². The molecule has 8 heteroatoms. The second-order valence-electron chi connectivity index (χ2n) is 6.09. The third kappa shape index (κ3) is 2.56. The molecule has 1 saturated heterocycles. The molecule has 1 fully saturated rings. The molecule has 3 amide bonds. The van der Waals surface area contributed by atoms with Gasteiger partial charge < -0.3 is 10.6 Å². The molecule has 1 atom stereocenters. The number of carbonyl (C=O) groups is 3. The van der Waals surface area contributed by atoms with Crippen LogP contribution in [0.2, 0.25) is 0 Å². The third-order valence-corrected chi connectivity index (χ3v) is 4.29. The van der Waals surface area contributed by atoms with Gasteiger partial charge in [0.05, 0.1) is 16.1 Å². The van der Waals surface area contributed by atoms with Crippen molar-refractivity contribution in [2.24, 2.45) is 0 Å². The summed E-state index contributed by atoms with van der Waals surface area (Å²) in [5, 5.41) is 5.51. The van der Waals surface area contributed by atoms with Crippen LogP contribution in [0.4, 0.5) is 10.1 Å².